The highest BCUT2D eigenvalue weighted by Gasteiger charge is 2.22. The second kappa shape index (κ2) is 6.30. The molecule has 1 aromatic carbocycles. The normalized spacial score (nSPS) is 21.2. The zero-order valence-corrected chi connectivity index (χ0v) is 11.2. The van der Waals surface area contributed by atoms with E-state index in [9.17, 15) is 4.39 Å². The molecule has 3 heteroatoms. The van der Waals surface area contributed by atoms with Gasteiger partial charge in [0.2, 0.25) is 0 Å². The highest BCUT2D eigenvalue weighted by molar-refractivity contribution is 5.26. The Labute approximate surface area is 109 Å². The monoisotopic (exact) mass is 250 g/mol. The molecule has 1 unspecified atom stereocenters. The van der Waals surface area contributed by atoms with Gasteiger partial charge in [0, 0.05) is 12.6 Å². The number of aryl methyl sites for hydroxylation is 1. The molecule has 0 bridgehead atoms. The zero-order valence-electron chi connectivity index (χ0n) is 11.2. The van der Waals surface area contributed by atoms with Crippen LogP contribution in [0.5, 0.6) is 0 Å². The van der Waals surface area contributed by atoms with Gasteiger partial charge in [-0.3, -0.25) is 4.90 Å². The van der Waals surface area contributed by atoms with E-state index in [1.165, 1.54) is 30.9 Å². The Morgan fingerprint density at radius 2 is 2.22 bits per heavy atom. The van der Waals surface area contributed by atoms with Crippen LogP contribution in [0.1, 0.15) is 36.8 Å². The van der Waals surface area contributed by atoms with Crippen LogP contribution < -0.4 is 5.73 Å². The minimum atomic E-state index is -0.136. The minimum absolute atomic E-state index is 0.136. The summed E-state index contributed by atoms with van der Waals surface area (Å²) in [6.45, 7) is 4.76. The maximum Gasteiger partial charge on any atom is 0.123 e. The highest BCUT2D eigenvalue weighted by Crippen LogP contribution is 2.23. The van der Waals surface area contributed by atoms with Gasteiger partial charge in [0.1, 0.15) is 5.82 Å². The van der Waals surface area contributed by atoms with Crippen LogP contribution in [0.2, 0.25) is 0 Å². The van der Waals surface area contributed by atoms with Gasteiger partial charge in [-0.05, 0) is 62.5 Å². The highest BCUT2D eigenvalue weighted by atomic mass is 19.1. The lowest BCUT2D eigenvalue weighted by atomic mass is 9.97. The van der Waals surface area contributed by atoms with Crippen LogP contribution in [0.3, 0.4) is 0 Å². The molecule has 1 fully saturated rings. The minimum Gasteiger partial charge on any atom is -0.330 e. The Morgan fingerprint density at radius 3 is 3.00 bits per heavy atom. The lowest BCUT2D eigenvalue weighted by Crippen LogP contribution is -2.40. The van der Waals surface area contributed by atoms with Crippen LogP contribution in [0, 0.1) is 12.7 Å². The Balaban J connectivity index is 2.08. The molecular weight excluding hydrogens is 227 g/mol. The lowest BCUT2D eigenvalue weighted by Gasteiger charge is -2.36. The molecule has 2 N–H and O–H groups in total. The van der Waals surface area contributed by atoms with Crippen molar-refractivity contribution >= 4 is 0 Å². The summed E-state index contributed by atoms with van der Waals surface area (Å²) in [4.78, 5) is 2.47. The molecule has 0 saturated carbocycles. The number of likely N-dealkylation sites (tertiary alicyclic amines) is 1. The van der Waals surface area contributed by atoms with Crippen LogP contribution in [0.4, 0.5) is 4.39 Å². The third-order valence-electron chi connectivity index (χ3n) is 3.93. The summed E-state index contributed by atoms with van der Waals surface area (Å²) in [5.74, 6) is -0.136. The summed E-state index contributed by atoms with van der Waals surface area (Å²) in [6.07, 6.45) is 4.82. The summed E-state index contributed by atoms with van der Waals surface area (Å²) in [5.41, 5.74) is 7.97. The molecular formula is C15H23FN2. The van der Waals surface area contributed by atoms with E-state index in [0.29, 0.717) is 6.04 Å². The molecule has 18 heavy (non-hydrogen) atoms. The van der Waals surface area contributed by atoms with E-state index >= 15 is 0 Å². The standard InChI is InChI=1S/C15H23FN2/c1-12-5-6-14(16)10-13(12)11-18-9-3-2-4-15(18)7-8-17/h5-6,10,15H,2-4,7-9,11,17H2,1H3. The lowest BCUT2D eigenvalue weighted by molar-refractivity contribution is 0.133. The van der Waals surface area contributed by atoms with E-state index in [1.54, 1.807) is 6.07 Å². The molecule has 1 aliphatic heterocycles. The Hall–Kier alpha value is -0.930. The van der Waals surface area contributed by atoms with Crippen molar-refractivity contribution in [1.29, 1.82) is 0 Å². The van der Waals surface area contributed by atoms with Crippen molar-refractivity contribution < 1.29 is 4.39 Å². The molecule has 1 saturated heterocycles. The van der Waals surface area contributed by atoms with E-state index < -0.39 is 0 Å². The average molecular weight is 250 g/mol. The molecule has 1 aliphatic rings. The average Bonchev–Trinajstić information content (AvgIpc) is 2.36. The van der Waals surface area contributed by atoms with Crippen LogP contribution >= 0.6 is 0 Å². The van der Waals surface area contributed by atoms with Crippen LogP contribution in [0.15, 0.2) is 18.2 Å². The molecule has 0 aliphatic carbocycles. The van der Waals surface area contributed by atoms with Crippen LogP contribution in [0.25, 0.3) is 0 Å². The summed E-state index contributed by atoms with van der Waals surface area (Å²) in [5, 5.41) is 0. The predicted octanol–water partition coefficient (Wildman–Crippen LogP) is 2.84. The van der Waals surface area contributed by atoms with Crippen molar-refractivity contribution in [3.8, 4) is 0 Å². The third kappa shape index (κ3) is 3.30. The van der Waals surface area contributed by atoms with Crippen LogP contribution in [-0.4, -0.2) is 24.0 Å². The second-order valence-electron chi connectivity index (χ2n) is 5.27. The number of halogens is 1. The van der Waals surface area contributed by atoms with Gasteiger partial charge >= 0.3 is 0 Å². The molecule has 1 atom stereocenters. The van der Waals surface area contributed by atoms with Gasteiger partial charge in [-0.15, -0.1) is 0 Å². The van der Waals surface area contributed by atoms with Crippen molar-refractivity contribution in [2.45, 2.75) is 45.2 Å². The first-order valence-electron chi connectivity index (χ1n) is 6.90. The first-order valence-corrected chi connectivity index (χ1v) is 6.90. The van der Waals surface area contributed by atoms with Crippen molar-refractivity contribution in [2.24, 2.45) is 5.73 Å². The third-order valence-corrected chi connectivity index (χ3v) is 3.93. The topological polar surface area (TPSA) is 29.3 Å². The van der Waals surface area contributed by atoms with Crippen molar-refractivity contribution in [2.75, 3.05) is 13.1 Å². The summed E-state index contributed by atoms with van der Waals surface area (Å²) in [7, 11) is 0. The van der Waals surface area contributed by atoms with Crippen molar-refractivity contribution in [1.82, 2.24) is 4.90 Å². The number of nitrogens with two attached hydrogens (primary N) is 1. The number of piperidine rings is 1. The fraction of sp³-hybridized carbons (Fsp3) is 0.600. The van der Waals surface area contributed by atoms with Gasteiger partial charge in [-0.25, -0.2) is 4.39 Å². The van der Waals surface area contributed by atoms with Crippen molar-refractivity contribution in [3.05, 3.63) is 35.1 Å². The maximum atomic E-state index is 13.3. The zero-order chi connectivity index (χ0) is 13.0. The van der Waals surface area contributed by atoms with Gasteiger partial charge in [0.15, 0.2) is 0 Å². The Bertz CT molecular complexity index is 390. The molecule has 2 nitrogen and oxygen atoms in total. The van der Waals surface area contributed by atoms with E-state index in [1.807, 2.05) is 6.07 Å². The summed E-state index contributed by atoms with van der Waals surface area (Å²) < 4.78 is 13.3. The molecule has 100 valence electrons. The molecule has 0 aromatic heterocycles. The molecule has 1 heterocycles. The Kier molecular flexibility index (Phi) is 4.72. The number of hydrogen-bond donors (Lipinski definition) is 1. The molecule has 1 aromatic rings. The van der Waals surface area contributed by atoms with Crippen molar-refractivity contribution in [3.63, 3.8) is 0 Å². The van der Waals surface area contributed by atoms with E-state index in [2.05, 4.69) is 11.8 Å². The smallest absolute Gasteiger partial charge is 0.123 e. The SMILES string of the molecule is Cc1ccc(F)cc1CN1CCCCC1CCN. The van der Waals surface area contributed by atoms with E-state index in [4.69, 9.17) is 5.73 Å². The van der Waals surface area contributed by atoms with Gasteiger partial charge in [0.25, 0.3) is 0 Å². The first kappa shape index (κ1) is 13.5. The quantitative estimate of drug-likeness (QED) is 0.890. The van der Waals surface area contributed by atoms with E-state index in [-0.39, 0.29) is 5.82 Å². The number of hydrogen-bond acceptors (Lipinski definition) is 2. The van der Waals surface area contributed by atoms with Crippen LogP contribution in [-0.2, 0) is 6.54 Å². The summed E-state index contributed by atoms with van der Waals surface area (Å²) in [6, 6.07) is 5.65. The summed E-state index contributed by atoms with van der Waals surface area (Å²) >= 11 is 0. The first-order chi connectivity index (χ1) is 8.70. The molecule has 0 radical (unpaired) electrons. The van der Waals surface area contributed by atoms with Gasteiger partial charge in [-0.1, -0.05) is 12.5 Å². The Morgan fingerprint density at radius 1 is 1.39 bits per heavy atom. The van der Waals surface area contributed by atoms with Gasteiger partial charge < -0.3 is 5.73 Å². The number of nitrogens with zero attached hydrogens (tertiary/aromatic N) is 1. The largest absolute Gasteiger partial charge is 0.330 e. The fourth-order valence-electron chi connectivity index (χ4n) is 2.82. The van der Waals surface area contributed by atoms with E-state index in [0.717, 1.165) is 31.6 Å². The maximum absolute atomic E-state index is 13.3. The van der Waals surface area contributed by atoms with Gasteiger partial charge in [-0.2, -0.15) is 0 Å². The number of benzene rings is 1. The molecule has 0 spiro atoms. The van der Waals surface area contributed by atoms with Gasteiger partial charge in [0.05, 0.1) is 0 Å². The number of rotatable bonds is 4. The predicted molar refractivity (Wildman–Crippen MR) is 72.9 cm³/mol. The molecule has 2 rings (SSSR count). The fourth-order valence-corrected chi connectivity index (χ4v) is 2.82. The second-order valence-corrected chi connectivity index (χ2v) is 5.27. The molecule has 0 amide bonds.